The van der Waals surface area contributed by atoms with Crippen molar-refractivity contribution in [1.82, 2.24) is 5.32 Å². The summed E-state index contributed by atoms with van der Waals surface area (Å²) in [6.07, 6.45) is 0.719. The number of amides is 1. The molecule has 0 spiro atoms. The van der Waals surface area contributed by atoms with Crippen LogP contribution in [0.15, 0.2) is 23.1 Å². The molecule has 1 rings (SSSR count). The molecule has 0 saturated carbocycles. The first-order valence-corrected chi connectivity index (χ1v) is 7.31. The van der Waals surface area contributed by atoms with Crippen LogP contribution in [-0.4, -0.2) is 34.6 Å². The first kappa shape index (κ1) is 15.6. The van der Waals surface area contributed by atoms with E-state index >= 15 is 0 Å². The number of ether oxygens (including phenoxy) is 1. The van der Waals surface area contributed by atoms with Crippen LogP contribution in [0.4, 0.5) is 0 Å². The first-order valence-electron chi connectivity index (χ1n) is 5.77. The molecule has 1 aromatic carbocycles. The topological polar surface area (TPSA) is 98.5 Å². The molecule has 0 aliphatic heterocycles. The summed E-state index contributed by atoms with van der Waals surface area (Å²) >= 11 is 0. The molecule has 0 fully saturated rings. The number of carbonyl (C=O) groups excluding carboxylic acids is 1. The monoisotopic (exact) mass is 286 g/mol. The normalized spacial score (nSPS) is 11.3. The third kappa shape index (κ3) is 4.62. The Hall–Kier alpha value is -1.44. The van der Waals surface area contributed by atoms with E-state index in [0.717, 1.165) is 6.42 Å². The van der Waals surface area contributed by atoms with Crippen LogP contribution in [0, 0.1) is 6.92 Å². The van der Waals surface area contributed by atoms with Crippen LogP contribution in [0.3, 0.4) is 0 Å². The Balaban J connectivity index is 2.77. The number of sulfonamides is 1. The van der Waals surface area contributed by atoms with Crippen LogP contribution in [0.25, 0.3) is 0 Å². The van der Waals surface area contributed by atoms with E-state index in [2.05, 4.69) is 5.32 Å². The molecule has 0 aliphatic carbocycles. The van der Waals surface area contributed by atoms with Gasteiger partial charge in [0.2, 0.25) is 10.0 Å². The minimum Gasteiger partial charge on any atom is -0.385 e. The lowest BCUT2D eigenvalue weighted by atomic mass is 10.1. The van der Waals surface area contributed by atoms with Crippen molar-refractivity contribution in [1.29, 1.82) is 0 Å². The second-order valence-corrected chi connectivity index (χ2v) is 5.69. The second kappa shape index (κ2) is 6.65. The van der Waals surface area contributed by atoms with Gasteiger partial charge in [0.1, 0.15) is 0 Å². The van der Waals surface area contributed by atoms with Crippen molar-refractivity contribution in [3.63, 3.8) is 0 Å². The largest absolute Gasteiger partial charge is 0.385 e. The standard InChI is InChI=1S/C12H18N2O4S/c1-9-8-10(19(13,16)17)4-5-11(9)12(15)14-6-3-7-18-2/h4-5,8H,3,6-7H2,1-2H3,(H,14,15)(H2,13,16,17). The van der Waals surface area contributed by atoms with Gasteiger partial charge in [0, 0.05) is 25.8 Å². The summed E-state index contributed by atoms with van der Waals surface area (Å²) in [7, 11) is -2.15. The Morgan fingerprint density at radius 2 is 2.11 bits per heavy atom. The summed E-state index contributed by atoms with van der Waals surface area (Å²) in [6, 6.07) is 4.17. The van der Waals surface area contributed by atoms with Gasteiger partial charge in [-0.1, -0.05) is 0 Å². The highest BCUT2D eigenvalue weighted by molar-refractivity contribution is 7.89. The molecule has 0 aromatic heterocycles. The minimum atomic E-state index is -3.74. The van der Waals surface area contributed by atoms with Crippen molar-refractivity contribution >= 4 is 15.9 Å². The minimum absolute atomic E-state index is 0.000864. The molecular formula is C12H18N2O4S. The molecule has 0 unspecified atom stereocenters. The zero-order valence-electron chi connectivity index (χ0n) is 11.0. The smallest absolute Gasteiger partial charge is 0.251 e. The molecule has 6 nitrogen and oxygen atoms in total. The van der Waals surface area contributed by atoms with Gasteiger partial charge in [0.05, 0.1) is 4.90 Å². The quantitative estimate of drug-likeness (QED) is 0.740. The number of benzene rings is 1. The SMILES string of the molecule is COCCCNC(=O)c1ccc(S(N)(=O)=O)cc1C. The summed E-state index contributed by atoms with van der Waals surface area (Å²) in [4.78, 5) is 11.9. The Morgan fingerprint density at radius 3 is 2.63 bits per heavy atom. The van der Waals surface area contributed by atoms with Gasteiger partial charge in [-0.15, -0.1) is 0 Å². The number of carbonyl (C=O) groups is 1. The maximum Gasteiger partial charge on any atom is 0.251 e. The average molecular weight is 286 g/mol. The number of hydrogen-bond acceptors (Lipinski definition) is 4. The molecule has 19 heavy (non-hydrogen) atoms. The van der Waals surface area contributed by atoms with E-state index < -0.39 is 10.0 Å². The van der Waals surface area contributed by atoms with Crippen LogP contribution in [0.2, 0.25) is 0 Å². The van der Waals surface area contributed by atoms with E-state index in [1.54, 1.807) is 14.0 Å². The van der Waals surface area contributed by atoms with E-state index in [4.69, 9.17) is 9.88 Å². The first-order chi connectivity index (χ1) is 8.86. The highest BCUT2D eigenvalue weighted by Gasteiger charge is 2.13. The summed E-state index contributed by atoms with van der Waals surface area (Å²) in [5.41, 5.74) is 1.00. The van der Waals surface area contributed by atoms with Gasteiger partial charge in [-0.2, -0.15) is 0 Å². The van der Waals surface area contributed by atoms with Crippen molar-refractivity contribution in [2.75, 3.05) is 20.3 Å². The molecule has 7 heteroatoms. The third-order valence-corrected chi connectivity index (χ3v) is 3.49. The van der Waals surface area contributed by atoms with Crippen molar-refractivity contribution in [3.05, 3.63) is 29.3 Å². The highest BCUT2D eigenvalue weighted by atomic mass is 32.2. The molecule has 1 aromatic rings. The second-order valence-electron chi connectivity index (χ2n) is 4.12. The summed E-state index contributed by atoms with van der Waals surface area (Å²) in [6.45, 7) is 2.74. The van der Waals surface area contributed by atoms with Crippen LogP contribution < -0.4 is 10.5 Å². The van der Waals surface area contributed by atoms with Gasteiger partial charge in [0.15, 0.2) is 0 Å². The van der Waals surface area contributed by atoms with Gasteiger partial charge in [-0.25, -0.2) is 13.6 Å². The summed E-state index contributed by atoms with van der Waals surface area (Å²) < 4.78 is 27.2. The molecule has 0 radical (unpaired) electrons. The molecule has 3 N–H and O–H groups in total. The molecule has 0 bridgehead atoms. The maximum absolute atomic E-state index is 11.9. The van der Waals surface area contributed by atoms with Crippen molar-refractivity contribution in [2.24, 2.45) is 5.14 Å². The molecule has 0 aliphatic rings. The highest BCUT2D eigenvalue weighted by Crippen LogP contribution is 2.14. The third-order valence-electron chi connectivity index (χ3n) is 2.58. The molecular weight excluding hydrogens is 268 g/mol. The molecule has 0 saturated heterocycles. The fraction of sp³-hybridized carbons (Fsp3) is 0.417. The Kier molecular flexibility index (Phi) is 5.46. The number of primary sulfonamides is 1. The van der Waals surface area contributed by atoms with Crippen molar-refractivity contribution in [2.45, 2.75) is 18.2 Å². The molecule has 106 valence electrons. The van der Waals surface area contributed by atoms with Crippen molar-refractivity contribution < 1.29 is 17.9 Å². The Bertz CT molecular complexity index is 555. The predicted molar refractivity (Wildman–Crippen MR) is 71.4 cm³/mol. The van der Waals surface area contributed by atoms with E-state index in [-0.39, 0.29) is 10.8 Å². The van der Waals surface area contributed by atoms with Crippen LogP contribution in [0.5, 0.6) is 0 Å². The van der Waals surface area contributed by atoms with Crippen LogP contribution >= 0.6 is 0 Å². The lowest BCUT2D eigenvalue weighted by Gasteiger charge is -2.08. The lowest BCUT2D eigenvalue weighted by molar-refractivity contribution is 0.0948. The van der Waals surface area contributed by atoms with Gasteiger partial charge in [-0.3, -0.25) is 4.79 Å². The number of rotatable bonds is 6. The zero-order chi connectivity index (χ0) is 14.5. The number of nitrogens with two attached hydrogens (primary N) is 1. The van der Waals surface area contributed by atoms with Crippen molar-refractivity contribution in [3.8, 4) is 0 Å². The Labute approximate surface area is 113 Å². The maximum atomic E-state index is 11.9. The number of methoxy groups -OCH3 is 1. The van der Waals surface area contributed by atoms with E-state index in [1.165, 1.54) is 18.2 Å². The fourth-order valence-electron chi connectivity index (χ4n) is 1.58. The van der Waals surface area contributed by atoms with Crippen LogP contribution in [0.1, 0.15) is 22.3 Å². The van der Waals surface area contributed by atoms with Gasteiger partial charge < -0.3 is 10.1 Å². The average Bonchev–Trinajstić information content (AvgIpc) is 2.33. The van der Waals surface area contributed by atoms with Gasteiger partial charge in [-0.05, 0) is 37.1 Å². The van der Waals surface area contributed by atoms with E-state index in [1.807, 2.05) is 0 Å². The Morgan fingerprint density at radius 1 is 1.42 bits per heavy atom. The molecule has 0 heterocycles. The van der Waals surface area contributed by atoms with Gasteiger partial charge >= 0.3 is 0 Å². The number of aryl methyl sites for hydroxylation is 1. The molecule has 1 amide bonds. The van der Waals surface area contributed by atoms with Crippen LogP contribution in [-0.2, 0) is 14.8 Å². The summed E-state index contributed by atoms with van der Waals surface area (Å²) in [5, 5.41) is 7.76. The number of hydrogen-bond donors (Lipinski definition) is 2. The molecule has 0 atom stereocenters. The van der Waals surface area contributed by atoms with Gasteiger partial charge in [0.25, 0.3) is 5.91 Å². The lowest BCUT2D eigenvalue weighted by Crippen LogP contribution is -2.26. The van der Waals surface area contributed by atoms with E-state index in [9.17, 15) is 13.2 Å². The number of nitrogens with one attached hydrogen (secondary N) is 1. The summed E-state index contributed by atoms with van der Waals surface area (Å²) in [5.74, 6) is -0.241. The fourth-order valence-corrected chi connectivity index (χ4v) is 2.18. The van der Waals surface area contributed by atoms with E-state index in [0.29, 0.717) is 24.3 Å². The predicted octanol–water partition coefficient (Wildman–Crippen LogP) is 0.409. The zero-order valence-corrected chi connectivity index (χ0v) is 11.8.